The van der Waals surface area contributed by atoms with E-state index in [0.29, 0.717) is 0 Å². The third-order valence-corrected chi connectivity index (χ3v) is 2.59. The summed E-state index contributed by atoms with van der Waals surface area (Å²) in [5.41, 5.74) is 3.43. The highest BCUT2D eigenvalue weighted by molar-refractivity contribution is 5.58. The van der Waals surface area contributed by atoms with E-state index in [4.69, 9.17) is 0 Å². The predicted molar refractivity (Wildman–Crippen MR) is 53.8 cm³/mol. The molecule has 0 radical (unpaired) electrons. The van der Waals surface area contributed by atoms with Crippen molar-refractivity contribution in [2.45, 2.75) is 18.8 Å². The van der Waals surface area contributed by atoms with Crippen LogP contribution in [0.15, 0.2) is 30.6 Å². The van der Waals surface area contributed by atoms with E-state index in [0.717, 1.165) is 17.2 Å². The predicted octanol–water partition coefficient (Wildman–Crippen LogP) is 2.35. The maximum Gasteiger partial charge on any atom is 0.0924 e. The topological polar surface area (TPSA) is 41.6 Å². The van der Waals surface area contributed by atoms with E-state index in [2.05, 4.69) is 21.2 Å². The molecule has 3 rings (SSSR count). The molecule has 0 aromatic carbocycles. The number of aromatic amines is 1. The minimum absolute atomic E-state index is 0.734. The van der Waals surface area contributed by atoms with Crippen molar-refractivity contribution in [3.05, 3.63) is 36.3 Å². The van der Waals surface area contributed by atoms with Crippen molar-refractivity contribution in [3.63, 3.8) is 0 Å². The average molecular weight is 185 g/mol. The molecule has 1 aliphatic rings. The highest BCUT2D eigenvalue weighted by Gasteiger charge is 2.25. The molecule has 70 valence electrons. The van der Waals surface area contributed by atoms with Crippen molar-refractivity contribution in [2.24, 2.45) is 0 Å². The van der Waals surface area contributed by atoms with Crippen molar-refractivity contribution < 1.29 is 0 Å². The summed E-state index contributed by atoms with van der Waals surface area (Å²) in [7, 11) is 0. The van der Waals surface area contributed by atoms with E-state index in [1.165, 1.54) is 18.5 Å². The second kappa shape index (κ2) is 2.94. The molecular weight excluding hydrogens is 174 g/mol. The largest absolute Gasteiger partial charge is 0.282 e. The summed E-state index contributed by atoms with van der Waals surface area (Å²) in [6.07, 6.45) is 6.19. The summed E-state index contributed by atoms with van der Waals surface area (Å²) < 4.78 is 0. The van der Waals surface area contributed by atoms with Crippen molar-refractivity contribution in [1.29, 1.82) is 0 Å². The molecule has 0 bridgehead atoms. The van der Waals surface area contributed by atoms with Gasteiger partial charge in [0.2, 0.25) is 0 Å². The first-order valence-electron chi connectivity index (χ1n) is 4.89. The number of hydrogen-bond donors (Lipinski definition) is 1. The van der Waals surface area contributed by atoms with E-state index in [1.54, 1.807) is 12.4 Å². The number of nitrogens with zero attached hydrogens (tertiary/aromatic N) is 2. The molecule has 0 unspecified atom stereocenters. The van der Waals surface area contributed by atoms with Crippen LogP contribution in [0.1, 0.15) is 24.5 Å². The molecule has 2 aromatic rings. The third kappa shape index (κ3) is 1.31. The van der Waals surface area contributed by atoms with Crippen LogP contribution < -0.4 is 0 Å². The second-order valence-corrected chi connectivity index (χ2v) is 3.72. The van der Waals surface area contributed by atoms with Crippen LogP contribution in [0.5, 0.6) is 0 Å². The molecule has 0 saturated heterocycles. The molecule has 1 saturated carbocycles. The van der Waals surface area contributed by atoms with Crippen molar-refractivity contribution >= 4 is 0 Å². The maximum atomic E-state index is 4.29. The highest BCUT2D eigenvalue weighted by Crippen LogP contribution is 2.39. The maximum absolute atomic E-state index is 4.29. The second-order valence-electron chi connectivity index (χ2n) is 3.72. The Balaban J connectivity index is 1.96. The van der Waals surface area contributed by atoms with Gasteiger partial charge in [0, 0.05) is 29.6 Å². The third-order valence-electron chi connectivity index (χ3n) is 2.59. The minimum atomic E-state index is 0.734. The Morgan fingerprint density at radius 1 is 1.21 bits per heavy atom. The van der Waals surface area contributed by atoms with E-state index >= 15 is 0 Å². The molecule has 2 aromatic heterocycles. The highest BCUT2D eigenvalue weighted by atomic mass is 15.1. The van der Waals surface area contributed by atoms with E-state index < -0.39 is 0 Å². The first kappa shape index (κ1) is 7.74. The molecule has 3 nitrogen and oxygen atoms in total. The molecule has 1 N–H and O–H groups in total. The van der Waals surface area contributed by atoms with Gasteiger partial charge in [0.15, 0.2) is 0 Å². The van der Waals surface area contributed by atoms with Crippen LogP contribution in [0.2, 0.25) is 0 Å². The zero-order valence-electron chi connectivity index (χ0n) is 7.77. The molecule has 2 heterocycles. The fraction of sp³-hybridized carbons (Fsp3) is 0.273. The van der Waals surface area contributed by atoms with Gasteiger partial charge in [-0.1, -0.05) is 0 Å². The molecule has 1 fully saturated rings. The zero-order chi connectivity index (χ0) is 9.38. The Hall–Kier alpha value is -1.64. The smallest absolute Gasteiger partial charge is 0.0924 e. The van der Waals surface area contributed by atoms with Gasteiger partial charge < -0.3 is 0 Å². The fourth-order valence-electron chi connectivity index (χ4n) is 1.61. The quantitative estimate of drug-likeness (QED) is 0.780. The van der Waals surface area contributed by atoms with Gasteiger partial charge in [-0.25, -0.2) is 0 Å². The minimum Gasteiger partial charge on any atom is -0.282 e. The molecular formula is C11H11N3. The van der Waals surface area contributed by atoms with Crippen LogP contribution in [-0.4, -0.2) is 15.2 Å². The summed E-state index contributed by atoms with van der Waals surface area (Å²) in [6, 6.07) is 6.10. The number of aromatic nitrogens is 3. The van der Waals surface area contributed by atoms with Gasteiger partial charge in [0.05, 0.1) is 5.69 Å². The van der Waals surface area contributed by atoms with E-state index in [-0.39, 0.29) is 0 Å². The molecule has 0 atom stereocenters. The van der Waals surface area contributed by atoms with E-state index in [1.807, 2.05) is 12.1 Å². The standard InChI is InChI=1S/C11H11N3/c1-2-8(1)10-7-11(14-13-10)9-3-5-12-6-4-9/h3-8H,1-2H2,(H,13,14). The lowest BCUT2D eigenvalue weighted by Crippen LogP contribution is -1.77. The molecule has 3 heteroatoms. The van der Waals surface area contributed by atoms with Crippen molar-refractivity contribution in [3.8, 4) is 11.3 Å². The Morgan fingerprint density at radius 3 is 2.71 bits per heavy atom. The van der Waals surface area contributed by atoms with Crippen LogP contribution in [-0.2, 0) is 0 Å². The van der Waals surface area contributed by atoms with Crippen LogP contribution >= 0.6 is 0 Å². The number of rotatable bonds is 2. The lowest BCUT2D eigenvalue weighted by Gasteiger charge is -1.92. The van der Waals surface area contributed by atoms with Gasteiger partial charge in [-0.2, -0.15) is 5.10 Å². The summed E-state index contributed by atoms with van der Waals surface area (Å²) in [5.74, 6) is 0.734. The molecule has 14 heavy (non-hydrogen) atoms. The first-order chi connectivity index (χ1) is 6.93. The lowest BCUT2D eigenvalue weighted by molar-refractivity contribution is 0.967. The molecule has 0 aliphatic heterocycles. The Kier molecular flexibility index (Phi) is 1.63. The van der Waals surface area contributed by atoms with Gasteiger partial charge in [0.25, 0.3) is 0 Å². The Labute approximate surface area is 82.2 Å². The van der Waals surface area contributed by atoms with E-state index in [9.17, 15) is 0 Å². The zero-order valence-corrected chi connectivity index (χ0v) is 7.77. The van der Waals surface area contributed by atoms with Crippen LogP contribution in [0.25, 0.3) is 11.3 Å². The lowest BCUT2D eigenvalue weighted by atomic mass is 10.2. The van der Waals surface area contributed by atoms with Gasteiger partial charge in [-0.3, -0.25) is 10.1 Å². The fourth-order valence-corrected chi connectivity index (χ4v) is 1.61. The summed E-state index contributed by atoms with van der Waals surface area (Å²) in [4.78, 5) is 3.99. The average Bonchev–Trinajstić information content (AvgIpc) is 2.98. The molecule has 0 amide bonds. The number of hydrogen-bond acceptors (Lipinski definition) is 2. The Bertz CT molecular complexity index is 429. The summed E-state index contributed by atoms with van der Waals surface area (Å²) in [6.45, 7) is 0. The number of H-pyrrole nitrogens is 1. The molecule has 1 aliphatic carbocycles. The van der Waals surface area contributed by atoms with Crippen LogP contribution in [0.3, 0.4) is 0 Å². The van der Waals surface area contributed by atoms with Gasteiger partial charge in [-0.05, 0) is 31.0 Å². The summed E-state index contributed by atoms with van der Waals surface area (Å²) in [5, 5.41) is 7.39. The van der Waals surface area contributed by atoms with Gasteiger partial charge >= 0.3 is 0 Å². The SMILES string of the molecule is c1cc(-c2cc(C3CC3)[nH]n2)ccn1. The normalized spacial score (nSPS) is 15.7. The van der Waals surface area contributed by atoms with Crippen LogP contribution in [0.4, 0.5) is 0 Å². The van der Waals surface area contributed by atoms with Crippen LogP contribution in [0, 0.1) is 0 Å². The number of pyridine rings is 1. The monoisotopic (exact) mass is 185 g/mol. The summed E-state index contributed by atoms with van der Waals surface area (Å²) >= 11 is 0. The number of nitrogens with one attached hydrogen (secondary N) is 1. The van der Waals surface area contributed by atoms with Crippen molar-refractivity contribution in [1.82, 2.24) is 15.2 Å². The Morgan fingerprint density at radius 2 is 2.00 bits per heavy atom. The first-order valence-corrected chi connectivity index (χ1v) is 4.89. The van der Waals surface area contributed by atoms with Crippen molar-refractivity contribution in [2.75, 3.05) is 0 Å². The molecule has 0 spiro atoms. The van der Waals surface area contributed by atoms with Gasteiger partial charge in [-0.15, -0.1) is 0 Å². The van der Waals surface area contributed by atoms with Gasteiger partial charge in [0.1, 0.15) is 0 Å².